The van der Waals surface area contributed by atoms with Crippen molar-refractivity contribution in [2.24, 2.45) is 5.92 Å². The molecule has 1 aliphatic rings. The number of hydrogen-bond acceptors (Lipinski definition) is 5. The molecule has 1 aromatic rings. The molecule has 0 unspecified atom stereocenters. The molecule has 124 valence electrons. The number of nitro benzene ring substituents is 1. The smallest absolute Gasteiger partial charge is 0.326 e. The van der Waals surface area contributed by atoms with Crippen LogP contribution < -0.4 is 4.90 Å². The van der Waals surface area contributed by atoms with Gasteiger partial charge in [0, 0.05) is 24.2 Å². The van der Waals surface area contributed by atoms with Gasteiger partial charge in [-0.1, -0.05) is 13.8 Å². The van der Waals surface area contributed by atoms with Gasteiger partial charge in [-0.15, -0.1) is 0 Å². The highest BCUT2D eigenvalue weighted by molar-refractivity contribution is 6.00. The van der Waals surface area contributed by atoms with Crippen LogP contribution in [-0.2, 0) is 20.7 Å². The summed E-state index contributed by atoms with van der Waals surface area (Å²) < 4.78 is 5.14. The van der Waals surface area contributed by atoms with Gasteiger partial charge in [-0.3, -0.25) is 19.7 Å². The molecule has 0 spiro atoms. The van der Waals surface area contributed by atoms with Gasteiger partial charge in [0.2, 0.25) is 5.91 Å². The molecule has 0 fully saturated rings. The molecule has 0 saturated heterocycles. The molecule has 0 radical (unpaired) electrons. The first-order valence-corrected chi connectivity index (χ1v) is 7.61. The minimum Gasteiger partial charge on any atom is -0.464 e. The molecule has 7 heteroatoms. The van der Waals surface area contributed by atoms with Crippen LogP contribution in [0.1, 0.15) is 32.3 Å². The van der Waals surface area contributed by atoms with E-state index in [1.54, 1.807) is 0 Å². The number of nitrogens with zero attached hydrogens (tertiary/aromatic N) is 2. The molecule has 0 saturated carbocycles. The minimum atomic E-state index is -0.471. The average Bonchev–Trinajstić information content (AvgIpc) is 2.49. The summed E-state index contributed by atoms with van der Waals surface area (Å²) in [5.74, 6) is -0.210. The van der Waals surface area contributed by atoms with Gasteiger partial charge >= 0.3 is 5.97 Å². The average molecular weight is 320 g/mol. The van der Waals surface area contributed by atoms with Gasteiger partial charge in [0.05, 0.1) is 11.5 Å². The van der Waals surface area contributed by atoms with E-state index in [0.29, 0.717) is 30.2 Å². The summed E-state index contributed by atoms with van der Waals surface area (Å²) in [6, 6.07) is 4.32. The predicted octanol–water partition coefficient (Wildman–Crippen LogP) is 2.46. The molecular formula is C16H20N2O5. The number of amides is 1. The third-order valence-corrected chi connectivity index (χ3v) is 3.72. The number of anilines is 1. The van der Waals surface area contributed by atoms with Crippen LogP contribution in [0.5, 0.6) is 0 Å². The summed E-state index contributed by atoms with van der Waals surface area (Å²) in [7, 11) is 0. The minimum absolute atomic E-state index is 0.0161. The maximum atomic E-state index is 12.1. The molecular weight excluding hydrogens is 300 g/mol. The van der Waals surface area contributed by atoms with Gasteiger partial charge < -0.3 is 9.64 Å². The van der Waals surface area contributed by atoms with Crippen LogP contribution in [-0.4, -0.2) is 30.0 Å². The molecule has 1 amide bonds. The number of carbonyl (C=O) groups is 2. The Morgan fingerprint density at radius 2 is 2.13 bits per heavy atom. The lowest BCUT2D eigenvalue weighted by Crippen LogP contribution is -2.39. The van der Waals surface area contributed by atoms with Crippen LogP contribution >= 0.6 is 0 Å². The second kappa shape index (κ2) is 7.21. The fourth-order valence-corrected chi connectivity index (χ4v) is 2.42. The lowest BCUT2D eigenvalue weighted by atomic mass is 10.0. The number of benzene rings is 1. The number of rotatable bonds is 6. The Labute approximate surface area is 134 Å². The second-order valence-corrected chi connectivity index (χ2v) is 5.95. The number of non-ortho nitro benzene ring substituents is 1. The highest BCUT2D eigenvalue weighted by atomic mass is 16.6. The molecule has 1 aromatic carbocycles. The van der Waals surface area contributed by atoms with Crippen molar-refractivity contribution in [3.63, 3.8) is 0 Å². The Hall–Kier alpha value is -2.44. The lowest BCUT2D eigenvalue weighted by molar-refractivity contribution is -0.384. The Kier molecular flexibility index (Phi) is 5.31. The summed E-state index contributed by atoms with van der Waals surface area (Å²) in [6.07, 6.45) is 1.44. The van der Waals surface area contributed by atoms with Crippen LogP contribution in [0, 0.1) is 16.0 Å². The van der Waals surface area contributed by atoms with Crippen molar-refractivity contribution >= 4 is 23.3 Å². The van der Waals surface area contributed by atoms with E-state index in [4.69, 9.17) is 4.74 Å². The SMILES string of the molecule is CC(C)CCOC(=O)CN1C(=O)CCc2cc([N+](=O)[O-])ccc21. The van der Waals surface area contributed by atoms with Crippen LogP contribution in [0.15, 0.2) is 18.2 Å². The highest BCUT2D eigenvalue weighted by Crippen LogP contribution is 2.30. The molecule has 1 aliphatic heterocycles. The largest absolute Gasteiger partial charge is 0.464 e. The maximum absolute atomic E-state index is 12.1. The van der Waals surface area contributed by atoms with Crippen molar-refractivity contribution in [1.29, 1.82) is 0 Å². The zero-order valence-electron chi connectivity index (χ0n) is 13.3. The van der Waals surface area contributed by atoms with Gasteiger partial charge in [0.25, 0.3) is 5.69 Å². The molecule has 1 heterocycles. The summed E-state index contributed by atoms with van der Waals surface area (Å²) >= 11 is 0. The normalized spacial score (nSPS) is 13.9. The zero-order valence-corrected chi connectivity index (χ0v) is 13.3. The molecule has 2 rings (SSSR count). The first kappa shape index (κ1) is 16.9. The predicted molar refractivity (Wildman–Crippen MR) is 84.2 cm³/mol. The molecule has 7 nitrogen and oxygen atoms in total. The van der Waals surface area contributed by atoms with E-state index in [9.17, 15) is 19.7 Å². The van der Waals surface area contributed by atoms with Crippen molar-refractivity contribution < 1.29 is 19.2 Å². The van der Waals surface area contributed by atoms with Gasteiger partial charge in [-0.25, -0.2) is 0 Å². The number of hydrogen-bond donors (Lipinski definition) is 0. The molecule has 23 heavy (non-hydrogen) atoms. The molecule has 0 bridgehead atoms. The van der Waals surface area contributed by atoms with Crippen molar-refractivity contribution in [3.05, 3.63) is 33.9 Å². The Morgan fingerprint density at radius 1 is 1.39 bits per heavy atom. The highest BCUT2D eigenvalue weighted by Gasteiger charge is 2.27. The second-order valence-electron chi connectivity index (χ2n) is 5.95. The Balaban J connectivity index is 2.09. The first-order chi connectivity index (χ1) is 10.9. The van der Waals surface area contributed by atoms with E-state index in [-0.39, 0.29) is 24.6 Å². The van der Waals surface area contributed by atoms with E-state index >= 15 is 0 Å². The zero-order chi connectivity index (χ0) is 17.0. The van der Waals surface area contributed by atoms with Crippen LogP contribution in [0.2, 0.25) is 0 Å². The van der Waals surface area contributed by atoms with Crippen LogP contribution in [0.4, 0.5) is 11.4 Å². The lowest BCUT2D eigenvalue weighted by Gasteiger charge is -2.28. The summed E-state index contributed by atoms with van der Waals surface area (Å²) in [4.78, 5) is 35.7. The number of fused-ring (bicyclic) bond motifs is 1. The van der Waals surface area contributed by atoms with Crippen molar-refractivity contribution in [2.45, 2.75) is 33.1 Å². The van der Waals surface area contributed by atoms with Crippen molar-refractivity contribution in [1.82, 2.24) is 0 Å². The standard InChI is InChI=1S/C16H20N2O5/c1-11(2)7-8-23-16(20)10-17-14-5-4-13(18(21)22)9-12(14)3-6-15(17)19/h4-5,9,11H,3,6-8,10H2,1-2H3. The molecule has 0 N–H and O–H groups in total. The van der Waals surface area contributed by atoms with Crippen molar-refractivity contribution in [3.8, 4) is 0 Å². The third-order valence-electron chi connectivity index (χ3n) is 3.72. The van der Waals surface area contributed by atoms with E-state index in [2.05, 4.69) is 0 Å². The van der Waals surface area contributed by atoms with Gasteiger partial charge in [-0.2, -0.15) is 0 Å². The summed E-state index contributed by atoms with van der Waals surface area (Å²) in [6.45, 7) is 4.23. The van der Waals surface area contributed by atoms with Gasteiger partial charge in [0.1, 0.15) is 6.54 Å². The fourth-order valence-electron chi connectivity index (χ4n) is 2.42. The number of esters is 1. The summed E-state index contributed by atoms with van der Waals surface area (Å²) in [5.41, 5.74) is 1.24. The molecule has 0 aliphatic carbocycles. The van der Waals surface area contributed by atoms with E-state index < -0.39 is 10.9 Å². The first-order valence-electron chi connectivity index (χ1n) is 7.61. The van der Waals surface area contributed by atoms with E-state index in [0.717, 1.165) is 6.42 Å². The maximum Gasteiger partial charge on any atom is 0.326 e. The number of carbonyl (C=O) groups excluding carboxylic acids is 2. The third kappa shape index (κ3) is 4.28. The monoisotopic (exact) mass is 320 g/mol. The fraction of sp³-hybridized carbons (Fsp3) is 0.500. The summed E-state index contributed by atoms with van der Waals surface area (Å²) in [5, 5.41) is 10.8. The van der Waals surface area contributed by atoms with Gasteiger partial charge in [-0.05, 0) is 30.4 Å². The van der Waals surface area contributed by atoms with E-state index in [1.807, 2.05) is 13.8 Å². The van der Waals surface area contributed by atoms with Crippen LogP contribution in [0.3, 0.4) is 0 Å². The number of ether oxygens (including phenoxy) is 1. The number of aryl methyl sites for hydroxylation is 1. The Bertz CT molecular complexity index is 627. The quantitative estimate of drug-likeness (QED) is 0.456. The van der Waals surface area contributed by atoms with E-state index in [1.165, 1.54) is 23.1 Å². The van der Waals surface area contributed by atoms with Crippen molar-refractivity contribution in [2.75, 3.05) is 18.1 Å². The van der Waals surface area contributed by atoms with Crippen LogP contribution in [0.25, 0.3) is 0 Å². The molecule has 0 atom stereocenters. The molecule has 0 aromatic heterocycles. The van der Waals surface area contributed by atoms with Gasteiger partial charge in [0.15, 0.2) is 0 Å². The number of nitro groups is 1. The topological polar surface area (TPSA) is 89.8 Å². The Morgan fingerprint density at radius 3 is 2.78 bits per heavy atom.